The lowest BCUT2D eigenvalue weighted by Crippen LogP contribution is -2.17. The Balaban J connectivity index is 0.000000826. The molecule has 3 rings (SSSR count). The molecule has 1 aliphatic carbocycles. The van der Waals surface area contributed by atoms with Crippen molar-refractivity contribution in [1.82, 2.24) is 0 Å². The fourth-order valence-electron chi connectivity index (χ4n) is 4.37. The number of benzene rings is 2. The molecule has 0 aliphatic heterocycles. The summed E-state index contributed by atoms with van der Waals surface area (Å²) in [6.07, 6.45) is 12.9. The molecule has 1 fully saturated rings. The van der Waals surface area contributed by atoms with Gasteiger partial charge in [-0.1, -0.05) is 73.4 Å². The molecule has 0 saturated heterocycles. The predicted octanol–water partition coefficient (Wildman–Crippen LogP) is 5.49. The summed E-state index contributed by atoms with van der Waals surface area (Å²) >= 11 is 0. The summed E-state index contributed by atoms with van der Waals surface area (Å²) < 4.78 is 0. The fourth-order valence-corrected chi connectivity index (χ4v) is 4.37. The summed E-state index contributed by atoms with van der Waals surface area (Å²) in [5.41, 5.74) is 14.2. The van der Waals surface area contributed by atoms with Crippen LogP contribution >= 0.6 is 0 Å². The summed E-state index contributed by atoms with van der Waals surface area (Å²) in [6.45, 7) is 2.19. The zero-order valence-corrected chi connectivity index (χ0v) is 18.7. The van der Waals surface area contributed by atoms with Crippen molar-refractivity contribution in [2.24, 2.45) is 23.3 Å². The Hall–Kier alpha value is -2.46. The summed E-state index contributed by atoms with van der Waals surface area (Å²) in [6, 6.07) is 17.5. The van der Waals surface area contributed by atoms with Crippen LogP contribution in [0.3, 0.4) is 0 Å². The topological polar surface area (TPSA) is 99.7 Å². The van der Waals surface area contributed by atoms with Crippen molar-refractivity contribution in [3.05, 3.63) is 70.8 Å². The van der Waals surface area contributed by atoms with Crippen LogP contribution in [0.1, 0.15) is 60.8 Å². The molecule has 2 unspecified atom stereocenters. The van der Waals surface area contributed by atoms with Crippen LogP contribution in [0.2, 0.25) is 0 Å². The standard InChI is InChI=1S/C24H31N.CH4N2.CH5N/c1-19-5-2-6-20(15-19)11-12-21-7-3-8-22(16-21)13-14-23-9-4-10-24(17-23)18-25;2-1-3;1-2/h2,4-6,9-10,15,17-18,21-22,25H,3,7-8,11-14,16H2,1H3;1H,(H3,2,3);2H2,1H3. The van der Waals surface area contributed by atoms with Crippen LogP contribution in [0.25, 0.3) is 0 Å². The van der Waals surface area contributed by atoms with Crippen LogP contribution in [0.4, 0.5) is 0 Å². The first-order chi connectivity index (χ1) is 14.6. The number of nitrogens with two attached hydrogens (primary N) is 2. The van der Waals surface area contributed by atoms with Crippen molar-refractivity contribution in [3.63, 3.8) is 0 Å². The largest absolute Gasteiger partial charge is 0.390 e. The maximum atomic E-state index is 7.40. The Bertz CT molecular complexity index is 741. The van der Waals surface area contributed by atoms with Crippen LogP contribution in [-0.2, 0) is 12.8 Å². The van der Waals surface area contributed by atoms with E-state index in [9.17, 15) is 0 Å². The summed E-state index contributed by atoms with van der Waals surface area (Å²) in [4.78, 5) is 0. The molecule has 0 heterocycles. The average Bonchev–Trinajstić information content (AvgIpc) is 2.79. The van der Waals surface area contributed by atoms with Gasteiger partial charge in [0.05, 0.1) is 6.34 Å². The van der Waals surface area contributed by atoms with E-state index in [0.717, 1.165) is 30.2 Å². The van der Waals surface area contributed by atoms with Crippen molar-refractivity contribution >= 4 is 12.6 Å². The van der Waals surface area contributed by atoms with Gasteiger partial charge in [0.1, 0.15) is 0 Å². The molecular weight excluding hydrogens is 368 g/mol. The van der Waals surface area contributed by atoms with Gasteiger partial charge in [0.2, 0.25) is 0 Å². The van der Waals surface area contributed by atoms with Gasteiger partial charge in [0.25, 0.3) is 0 Å². The van der Waals surface area contributed by atoms with Crippen molar-refractivity contribution in [3.8, 4) is 0 Å². The molecule has 0 spiro atoms. The second-order valence-electron chi connectivity index (χ2n) is 8.02. The minimum absolute atomic E-state index is 0.750. The highest BCUT2D eigenvalue weighted by molar-refractivity contribution is 5.77. The van der Waals surface area contributed by atoms with Crippen LogP contribution in [0.5, 0.6) is 0 Å². The molecular formula is C26H40N4. The SMILES string of the molecule is CN.Cc1cccc(CCC2CCCC(CCc3cccc(C=N)c3)C2)c1.N=CN. The van der Waals surface area contributed by atoms with Crippen LogP contribution in [-0.4, -0.2) is 19.6 Å². The van der Waals surface area contributed by atoms with E-state index in [1.807, 2.05) is 6.07 Å². The van der Waals surface area contributed by atoms with E-state index in [2.05, 4.69) is 60.9 Å². The third-order valence-electron chi connectivity index (χ3n) is 5.77. The highest BCUT2D eigenvalue weighted by Crippen LogP contribution is 2.34. The molecule has 4 heteroatoms. The van der Waals surface area contributed by atoms with Gasteiger partial charge in [-0.3, -0.25) is 5.41 Å². The molecule has 0 amide bonds. The quantitative estimate of drug-likeness (QED) is 0.359. The number of rotatable bonds is 7. The highest BCUT2D eigenvalue weighted by Gasteiger charge is 2.21. The van der Waals surface area contributed by atoms with E-state index in [1.54, 1.807) is 0 Å². The first-order valence-corrected chi connectivity index (χ1v) is 11.1. The third kappa shape index (κ3) is 9.84. The zero-order valence-electron chi connectivity index (χ0n) is 18.7. The lowest BCUT2D eigenvalue weighted by molar-refractivity contribution is 0.244. The van der Waals surface area contributed by atoms with Gasteiger partial charge in [-0.25, -0.2) is 0 Å². The Morgan fingerprint density at radius 3 is 1.97 bits per heavy atom. The van der Waals surface area contributed by atoms with Gasteiger partial charge >= 0.3 is 0 Å². The smallest absolute Gasteiger partial charge is 0.0765 e. The van der Waals surface area contributed by atoms with Crippen molar-refractivity contribution in [1.29, 1.82) is 10.8 Å². The molecule has 1 aliphatic rings. The van der Waals surface area contributed by atoms with Crippen LogP contribution in [0.15, 0.2) is 48.5 Å². The lowest BCUT2D eigenvalue weighted by atomic mass is 9.77. The van der Waals surface area contributed by atoms with E-state index in [0.29, 0.717) is 0 Å². The fraction of sp³-hybridized carbons (Fsp3) is 0.462. The predicted molar refractivity (Wildman–Crippen MR) is 131 cm³/mol. The lowest BCUT2D eigenvalue weighted by Gasteiger charge is -2.29. The minimum atomic E-state index is 0.750. The van der Waals surface area contributed by atoms with E-state index in [1.165, 1.54) is 74.9 Å². The van der Waals surface area contributed by atoms with Crippen molar-refractivity contribution in [2.45, 2.75) is 58.3 Å². The summed E-state index contributed by atoms with van der Waals surface area (Å²) in [5.74, 6) is 1.80. The number of hydrogen-bond donors (Lipinski definition) is 4. The molecule has 164 valence electrons. The van der Waals surface area contributed by atoms with E-state index < -0.39 is 0 Å². The minimum Gasteiger partial charge on any atom is -0.390 e. The maximum Gasteiger partial charge on any atom is 0.0765 e. The first-order valence-electron chi connectivity index (χ1n) is 11.1. The van der Waals surface area contributed by atoms with E-state index >= 15 is 0 Å². The average molecular weight is 409 g/mol. The highest BCUT2D eigenvalue weighted by atomic mass is 14.6. The summed E-state index contributed by atoms with van der Waals surface area (Å²) in [5, 5.41) is 13.3. The van der Waals surface area contributed by atoms with E-state index in [-0.39, 0.29) is 0 Å². The van der Waals surface area contributed by atoms with Gasteiger partial charge in [0, 0.05) is 6.21 Å². The molecule has 0 aromatic heterocycles. The summed E-state index contributed by atoms with van der Waals surface area (Å²) in [7, 11) is 1.50. The van der Waals surface area contributed by atoms with Crippen molar-refractivity contribution < 1.29 is 0 Å². The molecule has 1 saturated carbocycles. The van der Waals surface area contributed by atoms with Gasteiger partial charge in [-0.05, 0) is 74.6 Å². The zero-order chi connectivity index (χ0) is 22.2. The Kier molecular flexibility index (Phi) is 13.1. The monoisotopic (exact) mass is 408 g/mol. The molecule has 2 aromatic rings. The van der Waals surface area contributed by atoms with E-state index in [4.69, 9.17) is 10.8 Å². The van der Waals surface area contributed by atoms with Gasteiger partial charge < -0.3 is 16.9 Å². The molecule has 2 aromatic carbocycles. The van der Waals surface area contributed by atoms with Gasteiger partial charge in [-0.2, -0.15) is 0 Å². The Morgan fingerprint density at radius 1 is 0.900 bits per heavy atom. The maximum absolute atomic E-state index is 7.40. The number of hydrogen-bond acceptors (Lipinski definition) is 3. The number of nitrogens with one attached hydrogen (secondary N) is 2. The molecule has 2 atom stereocenters. The normalized spacial score (nSPS) is 17.6. The molecule has 30 heavy (non-hydrogen) atoms. The third-order valence-corrected chi connectivity index (χ3v) is 5.77. The second-order valence-corrected chi connectivity index (χ2v) is 8.02. The number of aryl methyl sites for hydroxylation is 3. The van der Waals surface area contributed by atoms with Crippen molar-refractivity contribution in [2.75, 3.05) is 7.05 Å². The van der Waals surface area contributed by atoms with Gasteiger partial charge in [-0.15, -0.1) is 0 Å². The van der Waals surface area contributed by atoms with Crippen LogP contribution < -0.4 is 11.5 Å². The Morgan fingerprint density at radius 2 is 1.43 bits per heavy atom. The first kappa shape index (κ1) is 25.6. The molecule has 4 nitrogen and oxygen atoms in total. The molecule has 0 radical (unpaired) electrons. The second kappa shape index (κ2) is 15.4. The molecule has 6 N–H and O–H groups in total. The Labute approximate surface area is 183 Å². The van der Waals surface area contributed by atoms with Gasteiger partial charge in [0.15, 0.2) is 0 Å². The molecule has 0 bridgehead atoms. The van der Waals surface area contributed by atoms with Crippen LogP contribution in [0, 0.1) is 29.6 Å².